The topological polar surface area (TPSA) is 54.9 Å². The maximum atomic E-state index is 12.2. The zero-order valence-corrected chi connectivity index (χ0v) is 16.6. The number of nitrogens with one attached hydrogen (secondary N) is 2. The standard InChI is InChI=1S/C21H26F3N3O2/c1-3-28-14-18-7-5-4-6-17(18)13-27-20(25-2)26-12-16-8-10-19(11-9-16)29-15-21(22,23)24/h4-11H,3,12-15H2,1-2H3,(H2,25,26,27). The predicted octanol–water partition coefficient (Wildman–Crippen LogP) is 4.03. The highest BCUT2D eigenvalue weighted by Crippen LogP contribution is 2.18. The van der Waals surface area contributed by atoms with E-state index in [2.05, 4.69) is 15.6 Å². The van der Waals surface area contributed by atoms with Gasteiger partial charge in [-0.1, -0.05) is 36.4 Å². The van der Waals surface area contributed by atoms with Crippen LogP contribution in [0, 0.1) is 0 Å². The Morgan fingerprint density at radius 3 is 2.24 bits per heavy atom. The van der Waals surface area contributed by atoms with Crippen molar-refractivity contribution in [1.29, 1.82) is 0 Å². The summed E-state index contributed by atoms with van der Waals surface area (Å²) in [7, 11) is 1.68. The summed E-state index contributed by atoms with van der Waals surface area (Å²) in [6, 6.07) is 14.5. The predicted molar refractivity (Wildman–Crippen MR) is 107 cm³/mol. The molecule has 0 aliphatic carbocycles. The zero-order valence-electron chi connectivity index (χ0n) is 16.6. The molecule has 0 unspecified atom stereocenters. The van der Waals surface area contributed by atoms with Crippen molar-refractivity contribution in [2.45, 2.75) is 32.8 Å². The van der Waals surface area contributed by atoms with Crippen LogP contribution in [0.4, 0.5) is 13.2 Å². The van der Waals surface area contributed by atoms with E-state index < -0.39 is 12.8 Å². The van der Waals surface area contributed by atoms with E-state index in [9.17, 15) is 13.2 Å². The quantitative estimate of drug-likeness (QED) is 0.485. The molecule has 0 spiro atoms. The molecule has 2 aromatic rings. The van der Waals surface area contributed by atoms with Gasteiger partial charge in [0.1, 0.15) is 5.75 Å². The molecule has 0 amide bonds. The highest BCUT2D eigenvalue weighted by molar-refractivity contribution is 5.79. The first-order chi connectivity index (χ1) is 13.9. The van der Waals surface area contributed by atoms with Crippen LogP contribution in [0.5, 0.6) is 5.75 Å². The number of alkyl halides is 3. The highest BCUT2D eigenvalue weighted by Gasteiger charge is 2.28. The number of hydrogen-bond acceptors (Lipinski definition) is 3. The van der Waals surface area contributed by atoms with Gasteiger partial charge in [-0.25, -0.2) is 0 Å². The van der Waals surface area contributed by atoms with Gasteiger partial charge < -0.3 is 20.1 Å². The second kappa shape index (κ2) is 11.3. The van der Waals surface area contributed by atoms with Gasteiger partial charge >= 0.3 is 6.18 Å². The molecule has 158 valence electrons. The van der Waals surface area contributed by atoms with Crippen LogP contribution in [0.3, 0.4) is 0 Å². The number of rotatable bonds is 9. The Bertz CT molecular complexity index is 777. The number of hydrogen-bond donors (Lipinski definition) is 2. The molecular formula is C21H26F3N3O2. The summed E-state index contributed by atoms with van der Waals surface area (Å²) in [5.74, 6) is 0.799. The Morgan fingerprint density at radius 1 is 0.966 bits per heavy atom. The van der Waals surface area contributed by atoms with E-state index in [0.717, 1.165) is 16.7 Å². The number of guanidine groups is 1. The molecule has 8 heteroatoms. The lowest BCUT2D eigenvalue weighted by atomic mass is 10.1. The molecule has 5 nitrogen and oxygen atoms in total. The Labute approximate surface area is 168 Å². The molecule has 0 fully saturated rings. The molecular weight excluding hydrogens is 383 g/mol. The molecule has 0 saturated carbocycles. The normalized spacial score (nSPS) is 12.0. The molecule has 0 atom stereocenters. The summed E-state index contributed by atoms with van der Waals surface area (Å²) < 4.78 is 46.8. The fraction of sp³-hybridized carbons (Fsp3) is 0.381. The van der Waals surface area contributed by atoms with E-state index in [1.807, 2.05) is 31.2 Å². The SMILES string of the molecule is CCOCc1ccccc1CNC(=NC)NCc1ccc(OCC(F)(F)F)cc1. The van der Waals surface area contributed by atoms with Gasteiger partial charge in [0.2, 0.25) is 0 Å². The van der Waals surface area contributed by atoms with Crippen LogP contribution in [0.15, 0.2) is 53.5 Å². The Kier molecular flexibility index (Phi) is 8.79. The van der Waals surface area contributed by atoms with Crippen molar-refractivity contribution in [2.75, 3.05) is 20.3 Å². The molecule has 2 N–H and O–H groups in total. The van der Waals surface area contributed by atoms with Crippen LogP contribution >= 0.6 is 0 Å². The van der Waals surface area contributed by atoms with Gasteiger partial charge in [0, 0.05) is 26.7 Å². The molecule has 0 aromatic heterocycles. The second-order valence-corrected chi connectivity index (χ2v) is 6.23. The summed E-state index contributed by atoms with van der Waals surface area (Å²) >= 11 is 0. The molecule has 0 bridgehead atoms. The molecule has 29 heavy (non-hydrogen) atoms. The maximum absolute atomic E-state index is 12.2. The van der Waals surface area contributed by atoms with E-state index in [4.69, 9.17) is 9.47 Å². The van der Waals surface area contributed by atoms with Crippen molar-refractivity contribution in [2.24, 2.45) is 4.99 Å². The molecule has 2 aromatic carbocycles. The van der Waals surface area contributed by atoms with Crippen LogP contribution in [-0.2, 0) is 24.4 Å². The summed E-state index contributed by atoms with van der Waals surface area (Å²) in [5, 5.41) is 6.44. The smallest absolute Gasteiger partial charge is 0.422 e. The van der Waals surface area contributed by atoms with Crippen molar-refractivity contribution >= 4 is 5.96 Å². The summed E-state index contributed by atoms with van der Waals surface area (Å²) in [5.41, 5.74) is 3.13. The van der Waals surface area contributed by atoms with E-state index in [-0.39, 0.29) is 5.75 Å². The monoisotopic (exact) mass is 409 g/mol. The second-order valence-electron chi connectivity index (χ2n) is 6.23. The average molecular weight is 409 g/mol. The van der Waals surface area contributed by atoms with Crippen LogP contribution in [0.1, 0.15) is 23.6 Å². The first-order valence-corrected chi connectivity index (χ1v) is 9.29. The summed E-state index contributed by atoms with van der Waals surface area (Å²) in [4.78, 5) is 4.20. The van der Waals surface area contributed by atoms with E-state index in [1.54, 1.807) is 19.2 Å². The van der Waals surface area contributed by atoms with E-state index in [1.165, 1.54) is 12.1 Å². The fourth-order valence-corrected chi connectivity index (χ4v) is 2.54. The third-order valence-electron chi connectivity index (χ3n) is 4.04. The fourth-order valence-electron chi connectivity index (χ4n) is 2.54. The van der Waals surface area contributed by atoms with Crippen molar-refractivity contribution in [1.82, 2.24) is 10.6 Å². The molecule has 0 aliphatic rings. The van der Waals surface area contributed by atoms with Crippen LogP contribution < -0.4 is 15.4 Å². The third-order valence-corrected chi connectivity index (χ3v) is 4.04. The molecule has 0 radical (unpaired) electrons. The van der Waals surface area contributed by atoms with Gasteiger partial charge in [0.25, 0.3) is 0 Å². The number of ether oxygens (including phenoxy) is 2. The van der Waals surface area contributed by atoms with Gasteiger partial charge in [-0.05, 0) is 35.7 Å². The average Bonchev–Trinajstić information content (AvgIpc) is 2.71. The van der Waals surface area contributed by atoms with Gasteiger partial charge in [0.15, 0.2) is 12.6 Å². The lowest BCUT2D eigenvalue weighted by Crippen LogP contribution is -2.36. The van der Waals surface area contributed by atoms with E-state index >= 15 is 0 Å². The molecule has 0 aliphatic heterocycles. The Balaban J connectivity index is 1.84. The van der Waals surface area contributed by atoms with Gasteiger partial charge in [-0.15, -0.1) is 0 Å². The minimum Gasteiger partial charge on any atom is -0.484 e. The van der Waals surface area contributed by atoms with Crippen molar-refractivity contribution in [3.05, 3.63) is 65.2 Å². The van der Waals surface area contributed by atoms with Gasteiger partial charge in [0.05, 0.1) is 6.61 Å². The minimum absolute atomic E-state index is 0.180. The first-order valence-electron chi connectivity index (χ1n) is 9.29. The maximum Gasteiger partial charge on any atom is 0.422 e. The number of halogens is 3. The lowest BCUT2D eigenvalue weighted by Gasteiger charge is -2.15. The van der Waals surface area contributed by atoms with Crippen LogP contribution in [0.2, 0.25) is 0 Å². The number of benzene rings is 2. The van der Waals surface area contributed by atoms with Gasteiger partial charge in [-0.3, -0.25) is 4.99 Å². The lowest BCUT2D eigenvalue weighted by molar-refractivity contribution is -0.153. The highest BCUT2D eigenvalue weighted by atomic mass is 19.4. The third kappa shape index (κ3) is 8.43. The van der Waals surface area contributed by atoms with Crippen molar-refractivity contribution < 1.29 is 22.6 Å². The minimum atomic E-state index is -4.35. The number of aliphatic imine (C=N–C) groups is 1. The molecule has 2 rings (SSSR count). The van der Waals surface area contributed by atoms with Crippen LogP contribution in [-0.4, -0.2) is 32.4 Å². The largest absolute Gasteiger partial charge is 0.484 e. The van der Waals surface area contributed by atoms with E-state index in [0.29, 0.717) is 32.3 Å². The molecule has 0 saturated heterocycles. The first kappa shape index (κ1) is 22.5. The molecule has 0 heterocycles. The summed E-state index contributed by atoms with van der Waals surface area (Å²) in [6.45, 7) is 2.94. The summed E-state index contributed by atoms with van der Waals surface area (Å²) in [6.07, 6.45) is -4.35. The Hall–Kier alpha value is -2.74. The van der Waals surface area contributed by atoms with Crippen molar-refractivity contribution in [3.63, 3.8) is 0 Å². The van der Waals surface area contributed by atoms with Crippen LogP contribution in [0.25, 0.3) is 0 Å². The number of nitrogens with zero attached hydrogens (tertiary/aromatic N) is 1. The van der Waals surface area contributed by atoms with Gasteiger partial charge in [-0.2, -0.15) is 13.2 Å². The Morgan fingerprint density at radius 2 is 1.62 bits per heavy atom. The zero-order chi connectivity index (χ0) is 21.1. The van der Waals surface area contributed by atoms with Crippen molar-refractivity contribution in [3.8, 4) is 5.75 Å².